The molecule has 0 aromatic carbocycles. The van der Waals surface area contributed by atoms with Crippen LogP contribution in [0.25, 0.3) is 0 Å². The average molecular weight is 1090 g/mol. The lowest BCUT2D eigenvalue weighted by atomic mass is 10.0. The number of hydrogen-bond donors (Lipinski definition) is 2. The number of carbonyl (C=O) groups is 2. The van der Waals surface area contributed by atoms with E-state index >= 15 is 0 Å². The summed E-state index contributed by atoms with van der Waals surface area (Å²) in [5.74, 6) is -0.610. The number of allylic oxidation sites excluding steroid dienone is 17. The van der Waals surface area contributed by atoms with Gasteiger partial charge in [0.1, 0.15) is 19.3 Å². The van der Waals surface area contributed by atoms with Crippen molar-refractivity contribution in [2.45, 2.75) is 264 Å². The molecule has 0 saturated carbocycles. The molecule has 1 amide bonds. The van der Waals surface area contributed by atoms with Crippen molar-refractivity contribution in [1.29, 1.82) is 0 Å². The Bertz CT molecular complexity index is 1690. The van der Waals surface area contributed by atoms with Gasteiger partial charge in [0, 0.05) is 12.8 Å². The van der Waals surface area contributed by atoms with Crippen molar-refractivity contribution in [3.63, 3.8) is 0 Å². The Labute approximate surface area is 474 Å². The van der Waals surface area contributed by atoms with E-state index in [1.54, 1.807) is 0 Å². The van der Waals surface area contributed by atoms with E-state index in [4.69, 9.17) is 13.8 Å². The molecule has 0 aromatic heterocycles. The van der Waals surface area contributed by atoms with Crippen molar-refractivity contribution >= 4 is 19.7 Å². The third-order valence-corrected chi connectivity index (χ3v) is 14.2. The van der Waals surface area contributed by atoms with Crippen molar-refractivity contribution in [3.05, 3.63) is 109 Å². The van der Waals surface area contributed by atoms with Crippen LogP contribution in [-0.4, -0.2) is 74.3 Å². The molecule has 9 nitrogen and oxygen atoms in total. The molecule has 0 fully saturated rings. The fraction of sp³-hybridized carbons (Fsp3) is 0.701. The fourth-order valence-electron chi connectivity index (χ4n) is 8.41. The van der Waals surface area contributed by atoms with Crippen molar-refractivity contribution in [2.75, 3.05) is 40.9 Å². The Morgan fingerprint density at radius 1 is 0.468 bits per heavy atom. The summed E-state index contributed by atoms with van der Waals surface area (Å²) in [4.78, 5) is 37.7. The number of amides is 1. The normalized spacial score (nSPS) is 14.4. The van der Waals surface area contributed by atoms with Gasteiger partial charge in [-0.05, 0) is 102 Å². The second kappa shape index (κ2) is 56.0. The van der Waals surface area contributed by atoms with Crippen molar-refractivity contribution < 1.29 is 37.3 Å². The molecule has 3 atom stereocenters. The van der Waals surface area contributed by atoms with E-state index in [2.05, 4.69) is 117 Å². The van der Waals surface area contributed by atoms with Gasteiger partial charge in [-0.2, -0.15) is 0 Å². The van der Waals surface area contributed by atoms with E-state index in [0.717, 1.165) is 89.9 Å². The highest BCUT2D eigenvalue weighted by molar-refractivity contribution is 7.47. The molecular formula is C67H118N2O7P+. The molecule has 2 N–H and O–H groups in total. The predicted octanol–water partition coefficient (Wildman–Crippen LogP) is 19.3. The van der Waals surface area contributed by atoms with Gasteiger partial charge in [0.05, 0.1) is 33.8 Å². The standard InChI is InChI=1S/C67H117N2O7P/c1-7-10-13-16-19-22-25-27-29-31-33-34-36-37-39-41-44-47-50-53-56-59-66(70)68-64(63-75-77(72,73)74-62-61-69(4,5)6)65(58-55-52-49-46-43-24-21-18-15-12-9-3)76-67(71)60-57-54-51-48-45-42-40-38-35-32-30-28-26-23-20-17-14-11-8-2/h11,14,19-20,22-23,27-30,35,38,42,45,51,54-55,58,64-65H,7-10,12-13,15-18,21,24-26,31-34,36-37,39-41,43-44,46-50,52-53,56-57,59-63H2,1-6H3,(H-,68,70,72,73)/p+1/b14-11-,22-19-,23-20-,29-27-,30-28-,38-35-,45-42-,54-51-,58-55+. The maximum atomic E-state index is 13.5. The molecule has 3 unspecified atom stereocenters. The topological polar surface area (TPSA) is 111 Å². The SMILES string of the molecule is CC/C=C\C/C=C\C/C=C\C/C=C\C/C=C\C/C=C\CCC(=O)OC(/C=C/CCCCCCCCCCC)C(COP(=O)(O)OCC[N+](C)(C)C)NC(=O)CCCCCCCCCCCCC/C=C\C/C=C\CCCCC. The van der Waals surface area contributed by atoms with Gasteiger partial charge in [-0.1, -0.05) is 246 Å². The van der Waals surface area contributed by atoms with Crippen LogP contribution in [0.1, 0.15) is 252 Å². The quantitative estimate of drug-likeness (QED) is 0.0205. The molecule has 442 valence electrons. The highest BCUT2D eigenvalue weighted by Gasteiger charge is 2.30. The van der Waals surface area contributed by atoms with E-state index in [9.17, 15) is 19.0 Å². The fourth-order valence-corrected chi connectivity index (χ4v) is 9.14. The summed E-state index contributed by atoms with van der Waals surface area (Å²) in [6.45, 7) is 6.81. The van der Waals surface area contributed by atoms with Gasteiger partial charge in [0.2, 0.25) is 5.91 Å². The van der Waals surface area contributed by atoms with E-state index in [-0.39, 0.29) is 25.5 Å². The van der Waals surface area contributed by atoms with Crippen LogP contribution in [-0.2, 0) is 27.9 Å². The third kappa shape index (κ3) is 57.2. The van der Waals surface area contributed by atoms with Gasteiger partial charge >= 0.3 is 13.8 Å². The lowest BCUT2D eigenvalue weighted by Crippen LogP contribution is -2.47. The maximum absolute atomic E-state index is 13.5. The molecule has 0 heterocycles. The second-order valence-electron chi connectivity index (χ2n) is 21.8. The molecular weight excluding hydrogens is 976 g/mol. The Hall–Kier alpha value is -3.33. The van der Waals surface area contributed by atoms with E-state index in [0.29, 0.717) is 23.9 Å². The molecule has 0 aliphatic rings. The number of ether oxygens (including phenoxy) is 1. The summed E-state index contributed by atoms with van der Waals surface area (Å²) in [5, 5.41) is 3.03. The van der Waals surface area contributed by atoms with Gasteiger partial charge in [0.15, 0.2) is 0 Å². The number of esters is 1. The molecule has 0 aliphatic carbocycles. The summed E-state index contributed by atoms with van der Waals surface area (Å²) in [6, 6.07) is -0.886. The molecule has 0 radical (unpaired) electrons. The molecule has 10 heteroatoms. The number of quaternary nitrogens is 1. The second-order valence-corrected chi connectivity index (χ2v) is 23.3. The Kier molecular flexibility index (Phi) is 53.5. The lowest BCUT2D eigenvalue weighted by Gasteiger charge is -2.27. The van der Waals surface area contributed by atoms with Crippen molar-refractivity contribution in [2.24, 2.45) is 0 Å². The molecule has 0 aliphatic heterocycles. The number of phosphoric acid groups is 1. The number of likely N-dealkylation sites (N-methyl/N-ethyl adjacent to an activating group) is 1. The van der Waals surface area contributed by atoms with Crippen molar-refractivity contribution in [1.82, 2.24) is 5.32 Å². The van der Waals surface area contributed by atoms with Crippen LogP contribution in [0.15, 0.2) is 109 Å². The van der Waals surface area contributed by atoms with Gasteiger partial charge in [-0.3, -0.25) is 18.6 Å². The number of carbonyl (C=O) groups excluding carboxylic acids is 2. The number of nitrogens with one attached hydrogen (secondary N) is 1. The minimum Gasteiger partial charge on any atom is -0.456 e. The minimum atomic E-state index is -4.47. The molecule has 0 saturated heterocycles. The monoisotopic (exact) mass is 1090 g/mol. The molecule has 0 spiro atoms. The number of hydrogen-bond acceptors (Lipinski definition) is 6. The van der Waals surface area contributed by atoms with Crippen LogP contribution in [0, 0.1) is 0 Å². The van der Waals surface area contributed by atoms with Gasteiger partial charge in [-0.15, -0.1) is 0 Å². The highest BCUT2D eigenvalue weighted by Crippen LogP contribution is 2.43. The summed E-state index contributed by atoms with van der Waals surface area (Å²) < 4.78 is 30.6. The largest absolute Gasteiger partial charge is 0.472 e. The molecule has 77 heavy (non-hydrogen) atoms. The first-order valence-corrected chi connectivity index (χ1v) is 32.7. The molecule has 0 bridgehead atoms. The lowest BCUT2D eigenvalue weighted by molar-refractivity contribution is -0.870. The zero-order valence-electron chi connectivity index (χ0n) is 50.4. The Morgan fingerprint density at radius 2 is 0.844 bits per heavy atom. The zero-order valence-corrected chi connectivity index (χ0v) is 51.3. The van der Waals surface area contributed by atoms with Crippen LogP contribution in [0.5, 0.6) is 0 Å². The smallest absolute Gasteiger partial charge is 0.456 e. The van der Waals surface area contributed by atoms with Gasteiger partial charge in [-0.25, -0.2) is 4.57 Å². The van der Waals surface area contributed by atoms with Crippen LogP contribution in [0.4, 0.5) is 0 Å². The predicted molar refractivity (Wildman–Crippen MR) is 332 cm³/mol. The van der Waals surface area contributed by atoms with Crippen LogP contribution in [0.3, 0.4) is 0 Å². The van der Waals surface area contributed by atoms with E-state index < -0.39 is 25.9 Å². The number of phosphoric ester groups is 1. The van der Waals surface area contributed by atoms with E-state index in [1.807, 2.05) is 39.4 Å². The summed E-state index contributed by atoms with van der Waals surface area (Å²) in [5.41, 5.74) is 0. The maximum Gasteiger partial charge on any atom is 0.472 e. The molecule has 0 aromatic rings. The number of rotatable bonds is 55. The highest BCUT2D eigenvalue weighted by atomic mass is 31.2. The minimum absolute atomic E-state index is 0.0237. The van der Waals surface area contributed by atoms with Crippen LogP contribution in [0.2, 0.25) is 0 Å². The molecule has 0 rings (SSSR count). The number of nitrogens with zero attached hydrogens (tertiary/aromatic N) is 1. The van der Waals surface area contributed by atoms with Crippen LogP contribution < -0.4 is 5.32 Å². The summed E-state index contributed by atoms with van der Waals surface area (Å²) >= 11 is 0. The zero-order chi connectivity index (χ0) is 56.4. The number of unbranched alkanes of at least 4 members (excludes halogenated alkanes) is 23. The third-order valence-electron chi connectivity index (χ3n) is 13.2. The first kappa shape index (κ1) is 73.7. The van der Waals surface area contributed by atoms with Crippen LogP contribution >= 0.6 is 7.82 Å². The van der Waals surface area contributed by atoms with E-state index in [1.165, 1.54) is 122 Å². The first-order valence-electron chi connectivity index (χ1n) is 31.2. The average Bonchev–Trinajstić information content (AvgIpc) is 3.39. The Morgan fingerprint density at radius 3 is 1.30 bits per heavy atom. The Balaban J connectivity index is 5.31. The summed E-state index contributed by atoms with van der Waals surface area (Å²) in [6.07, 6.45) is 76.7. The van der Waals surface area contributed by atoms with Crippen molar-refractivity contribution in [3.8, 4) is 0 Å². The van der Waals surface area contributed by atoms with Gasteiger partial charge in [0.25, 0.3) is 0 Å². The van der Waals surface area contributed by atoms with Gasteiger partial charge < -0.3 is 19.4 Å². The summed E-state index contributed by atoms with van der Waals surface area (Å²) in [7, 11) is 1.44. The first-order chi connectivity index (χ1) is 37.4.